The van der Waals surface area contributed by atoms with Crippen molar-refractivity contribution in [2.24, 2.45) is 0 Å². The molecule has 0 saturated heterocycles. The first kappa shape index (κ1) is 15.8. The van der Waals surface area contributed by atoms with Crippen LogP contribution in [0.1, 0.15) is 13.8 Å². The summed E-state index contributed by atoms with van der Waals surface area (Å²) in [5, 5.41) is 0. The molecule has 0 aromatic carbocycles. The van der Waals surface area contributed by atoms with E-state index in [2.05, 4.69) is 0 Å². The van der Waals surface area contributed by atoms with Crippen LogP contribution in [0.5, 0.6) is 0 Å². The zero-order valence-corrected chi connectivity index (χ0v) is 7.05. The van der Waals surface area contributed by atoms with Crippen molar-refractivity contribution in [3.63, 3.8) is 0 Å². The molecule has 9 heavy (non-hydrogen) atoms. The van der Waals surface area contributed by atoms with E-state index >= 15 is 0 Å². The minimum atomic E-state index is -2.03. The topological polar surface area (TPSA) is 68.3 Å². The molecule has 0 atom stereocenters. The van der Waals surface area contributed by atoms with E-state index in [1.807, 2.05) is 0 Å². The fourth-order valence-corrected chi connectivity index (χ4v) is 0. The van der Waals surface area contributed by atoms with Crippen molar-refractivity contribution in [2.75, 3.05) is 0 Å². The Morgan fingerprint density at radius 3 is 1.00 bits per heavy atom. The third-order valence-corrected chi connectivity index (χ3v) is 0. The van der Waals surface area contributed by atoms with E-state index < -0.39 is 18.5 Å². The van der Waals surface area contributed by atoms with Crippen molar-refractivity contribution < 1.29 is 34.9 Å². The standard InChI is InChI=1S/2C2H3O.Mo.2O/c2*1-2-3;;;/h2*1H3;;;/q2*-1;+2;;. The van der Waals surface area contributed by atoms with Crippen LogP contribution in [0.3, 0.4) is 0 Å². The Morgan fingerprint density at radius 2 is 1.00 bits per heavy atom. The fourth-order valence-electron chi connectivity index (χ4n) is 0. The summed E-state index contributed by atoms with van der Waals surface area (Å²) in [6, 6.07) is 0. The summed E-state index contributed by atoms with van der Waals surface area (Å²) >= 11 is -2.03. The average molecular weight is 214 g/mol. The summed E-state index contributed by atoms with van der Waals surface area (Å²) in [5.74, 6) is 0. The molecule has 52 valence electrons. The number of hydrogen-bond acceptors (Lipinski definition) is 4. The zero-order chi connectivity index (χ0) is 8.12. The number of rotatable bonds is 0. The molecule has 0 aromatic rings. The molecule has 0 unspecified atom stereocenters. The fraction of sp³-hybridized carbons (Fsp3) is 0.500. The van der Waals surface area contributed by atoms with Gasteiger partial charge in [0, 0.05) is 0 Å². The molecule has 0 aliphatic carbocycles. The second kappa shape index (κ2) is 48.5. The number of carbonyl (C=O) groups excluding carboxylic acids is 2. The van der Waals surface area contributed by atoms with Gasteiger partial charge in [0.15, 0.2) is 0 Å². The van der Waals surface area contributed by atoms with Gasteiger partial charge in [-0.15, -0.1) is 0 Å². The molecule has 0 spiro atoms. The van der Waals surface area contributed by atoms with Crippen molar-refractivity contribution in [3.05, 3.63) is 0 Å². The van der Waals surface area contributed by atoms with Gasteiger partial charge >= 0.3 is 25.3 Å². The van der Waals surface area contributed by atoms with Gasteiger partial charge in [-0.25, -0.2) is 0 Å². The maximum atomic E-state index is 8.68. The van der Waals surface area contributed by atoms with Crippen LogP contribution in [-0.2, 0) is 34.9 Å². The first-order valence-electron chi connectivity index (χ1n) is 1.74. The van der Waals surface area contributed by atoms with E-state index in [0.29, 0.717) is 0 Å². The molecule has 0 rings (SSSR count). The van der Waals surface area contributed by atoms with E-state index in [-0.39, 0.29) is 0 Å². The Kier molecular flexibility index (Phi) is 85.4. The van der Waals surface area contributed by atoms with E-state index in [9.17, 15) is 0 Å². The Morgan fingerprint density at radius 1 is 1.00 bits per heavy atom. The molecule has 0 aliphatic rings. The Labute approximate surface area is 61.8 Å². The molecule has 5 heteroatoms. The zero-order valence-electron chi connectivity index (χ0n) is 5.04. The molecule has 0 heterocycles. The maximum absolute atomic E-state index is 8.68. The third-order valence-electron chi connectivity index (χ3n) is 0. The van der Waals surface area contributed by atoms with E-state index in [0.717, 1.165) is 0 Å². The summed E-state index contributed by atoms with van der Waals surface area (Å²) < 4.78 is 17.0. The molecular weight excluding hydrogens is 208 g/mol. The normalized spacial score (nSPS) is 3.78. The Balaban J connectivity index is -0.0000000600. The molecule has 0 aliphatic heterocycles. The SMILES string of the molecule is C[C-]=O.C[C-]=O.[O]=[Mo+2]=[O]. The van der Waals surface area contributed by atoms with Crippen LogP contribution in [0.15, 0.2) is 0 Å². The van der Waals surface area contributed by atoms with Gasteiger partial charge in [0.05, 0.1) is 0 Å². The summed E-state index contributed by atoms with van der Waals surface area (Å²) in [6.07, 6.45) is 3.00. The van der Waals surface area contributed by atoms with Gasteiger partial charge < -0.3 is 9.59 Å². The second-order valence-corrected chi connectivity index (χ2v) is 0.811. The van der Waals surface area contributed by atoms with Gasteiger partial charge in [-0.05, 0) is 0 Å². The van der Waals surface area contributed by atoms with Crippen molar-refractivity contribution in [1.82, 2.24) is 0 Å². The van der Waals surface area contributed by atoms with Crippen molar-refractivity contribution in [1.29, 1.82) is 0 Å². The first-order valence-corrected chi connectivity index (χ1v) is 3.38. The molecule has 0 aromatic heterocycles. The predicted octanol–water partition coefficient (Wildman–Crippen LogP) is -0.00810. The van der Waals surface area contributed by atoms with Gasteiger partial charge in [0.1, 0.15) is 0 Å². The van der Waals surface area contributed by atoms with E-state index in [4.69, 9.17) is 16.4 Å². The molecule has 0 radical (unpaired) electrons. The quantitative estimate of drug-likeness (QED) is 0.420. The van der Waals surface area contributed by atoms with Crippen molar-refractivity contribution in [2.45, 2.75) is 13.8 Å². The van der Waals surface area contributed by atoms with Crippen molar-refractivity contribution in [3.8, 4) is 0 Å². The Hall–Kier alpha value is -0.372. The summed E-state index contributed by atoms with van der Waals surface area (Å²) in [6.45, 7) is 2.64. The summed E-state index contributed by atoms with van der Waals surface area (Å²) in [4.78, 5) is 17.4. The number of hydrogen-bond donors (Lipinski definition) is 0. The van der Waals surface area contributed by atoms with Crippen LogP contribution < -0.4 is 0 Å². The second-order valence-electron chi connectivity index (χ2n) is 0.476. The van der Waals surface area contributed by atoms with Gasteiger partial charge in [-0.3, -0.25) is 12.6 Å². The predicted molar refractivity (Wildman–Crippen MR) is 24.1 cm³/mol. The molecule has 4 nitrogen and oxygen atoms in total. The van der Waals surface area contributed by atoms with Crippen LogP contribution in [0.2, 0.25) is 0 Å². The first-order chi connectivity index (χ1) is 4.24. The molecular formula is C4H6MoO4. The third kappa shape index (κ3) is 1750. The minimum absolute atomic E-state index is 1.32. The van der Waals surface area contributed by atoms with E-state index in [1.165, 1.54) is 26.4 Å². The Bertz CT molecular complexity index is 78.6. The van der Waals surface area contributed by atoms with Crippen LogP contribution in [-0.4, -0.2) is 12.6 Å². The summed E-state index contributed by atoms with van der Waals surface area (Å²) in [5.41, 5.74) is 0. The van der Waals surface area contributed by atoms with Crippen LogP contribution in [0.4, 0.5) is 0 Å². The molecule has 0 amide bonds. The molecule has 0 N–H and O–H groups in total. The van der Waals surface area contributed by atoms with Crippen LogP contribution in [0.25, 0.3) is 0 Å². The van der Waals surface area contributed by atoms with Crippen LogP contribution >= 0.6 is 0 Å². The average Bonchev–Trinajstić information content (AvgIpc) is 1.70. The van der Waals surface area contributed by atoms with Gasteiger partial charge in [0.2, 0.25) is 0 Å². The van der Waals surface area contributed by atoms with Crippen molar-refractivity contribution >= 4 is 12.6 Å². The van der Waals surface area contributed by atoms with Crippen LogP contribution in [0, 0.1) is 0 Å². The van der Waals surface area contributed by atoms with Gasteiger partial charge in [0.25, 0.3) is 0 Å². The molecule has 0 bridgehead atoms. The van der Waals surface area contributed by atoms with Gasteiger partial charge in [-0.2, -0.15) is 13.8 Å². The monoisotopic (exact) mass is 216 g/mol. The molecule has 0 saturated carbocycles. The molecule has 0 fully saturated rings. The van der Waals surface area contributed by atoms with Gasteiger partial charge in [-0.1, -0.05) is 0 Å². The van der Waals surface area contributed by atoms with E-state index in [1.54, 1.807) is 0 Å². The summed E-state index contributed by atoms with van der Waals surface area (Å²) in [7, 11) is 0.